The Morgan fingerprint density at radius 1 is 1.39 bits per heavy atom. The van der Waals surface area contributed by atoms with Crippen LogP contribution in [0.5, 0.6) is 5.75 Å². The molecule has 3 N–H and O–H groups in total. The van der Waals surface area contributed by atoms with Crippen LogP contribution in [0.25, 0.3) is 0 Å². The van der Waals surface area contributed by atoms with Gasteiger partial charge in [-0.3, -0.25) is 0 Å². The van der Waals surface area contributed by atoms with E-state index in [1.807, 2.05) is 30.3 Å². The van der Waals surface area contributed by atoms with Crippen molar-refractivity contribution in [2.45, 2.75) is 19.9 Å². The summed E-state index contributed by atoms with van der Waals surface area (Å²) in [5.74, 6) is 1.44. The third-order valence-corrected chi connectivity index (χ3v) is 3.17. The van der Waals surface area contributed by atoms with Crippen LogP contribution in [0.4, 0.5) is 10.8 Å². The molecule has 5 heteroatoms. The number of hydrogen-bond donors (Lipinski definition) is 2. The molecule has 0 saturated carbocycles. The van der Waals surface area contributed by atoms with Gasteiger partial charge < -0.3 is 15.8 Å². The van der Waals surface area contributed by atoms with Crippen molar-refractivity contribution >= 4 is 22.4 Å². The summed E-state index contributed by atoms with van der Waals surface area (Å²) < 4.78 is 9.71. The van der Waals surface area contributed by atoms with Crippen LogP contribution in [-0.4, -0.2) is 17.0 Å². The molecular weight excluding hydrogens is 246 g/mol. The fourth-order valence-corrected chi connectivity index (χ4v) is 2.18. The maximum atomic E-state index is 5.69. The van der Waals surface area contributed by atoms with Gasteiger partial charge in [-0.15, -0.1) is 0 Å². The molecule has 0 aliphatic rings. The molecule has 1 aromatic heterocycles. The smallest absolute Gasteiger partial charge is 0.139 e. The van der Waals surface area contributed by atoms with Gasteiger partial charge >= 0.3 is 0 Å². The lowest BCUT2D eigenvalue weighted by Gasteiger charge is -2.14. The van der Waals surface area contributed by atoms with Gasteiger partial charge in [0.15, 0.2) is 0 Å². The number of nitrogen functional groups attached to an aromatic ring is 1. The number of aryl methyl sites for hydroxylation is 1. The molecule has 0 bridgehead atoms. The van der Waals surface area contributed by atoms with Crippen LogP contribution in [0, 0.1) is 6.92 Å². The van der Waals surface area contributed by atoms with Crippen LogP contribution in [0.1, 0.15) is 12.5 Å². The van der Waals surface area contributed by atoms with Crippen LogP contribution in [-0.2, 0) is 0 Å². The Bertz CT molecular complexity index is 495. The second kappa shape index (κ2) is 5.73. The number of anilines is 2. The van der Waals surface area contributed by atoms with Gasteiger partial charge in [-0.05, 0) is 37.5 Å². The molecule has 1 atom stereocenters. The van der Waals surface area contributed by atoms with Gasteiger partial charge in [-0.1, -0.05) is 17.7 Å². The van der Waals surface area contributed by atoms with Crippen LogP contribution < -0.4 is 15.8 Å². The molecule has 0 aliphatic heterocycles. The number of ether oxygens (including phenoxy) is 1. The zero-order chi connectivity index (χ0) is 13.0. The predicted molar refractivity (Wildman–Crippen MR) is 76.3 cm³/mol. The number of nitrogens with zero attached hydrogens (tertiary/aromatic N) is 1. The van der Waals surface area contributed by atoms with E-state index in [1.54, 1.807) is 0 Å². The van der Waals surface area contributed by atoms with E-state index >= 15 is 0 Å². The van der Waals surface area contributed by atoms with Crippen molar-refractivity contribution in [3.63, 3.8) is 0 Å². The third kappa shape index (κ3) is 3.63. The number of rotatable bonds is 5. The Labute approximate surface area is 111 Å². The van der Waals surface area contributed by atoms with Gasteiger partial charge in [0.2, 0.25) is 0 Å². The zero-order valence-corrected chi connectivity index (χ0v) is 11.3. The Morgan fingerprint density at radius 2 is 2.11 bits per heavy atom. The Kier molecular flexibility index (Phi) is 4.04. The summed E-state index contributed by atoms with van der Waals surface area (Å²) in [7, 11) is 0. The molecule has 4 nitrogen and oxygen atoms in total. The summed E-state index contributed by atoms with van der Waals surface area (Å²) in [6.45, 7) is 4.72. The standard InChI is InChI=1S/C13H17N3OS/c1-9-3-5-11(6-4-9)17-8-10(2)15-13-7-12(14)16-18-13/h3-7,10,15H,8H2,1-2H3,(H2,14,16). The maximum Gasteiger partial charge on any atom is 0.139 e. The Balaban J connectivity index is 1.81. The summed E-state index contributed by atoms with van der Waals surface area (Å²) >= 11 is 1.36. The molecule has 2 rings (SSSR count). The van der Waals surface area contributed by atoms with E-state index in [2.05, 4.69) is 23.5 Å². The second-order valence-corrected chi connectivity index (χ2v) is 5.09. The molecule has 0 aliphatic carbocycles. The summed E-state index contributed by atoms with van der Waals surface area (Å²) in [4.78, 5) is 0. The first-order valence-corrected chi connectivity index (χ1v) is 6.59. The molecule has 1 heterocycles. The fraction of sp³-hybridized carbons (Fsp3) is 0.308. The van der Waals surface area contributed by atoms with Crippen LogP contribution in [0.3, 0.4) is 0 Å². The van der Waals surface area contributed by atoms with Gasteiger partial charge in [0, 0.05) is 6.07 Å². The molecule has 18 heavy (non-hydrogen) atoms. The highest BCUT2D eigenvalue weighted by atomic mass is 32.1. The van der Waals surface area contributed by atoms with Crippen molar-refractivity contribution in [1.82, 2.24) is 4.37 Å². The van der Waals surface area contributed by atoms with E-state index in [-0.39, 0.29) is 6.04 Å². The van der Waals surface area contributed by atoms with E-state index < -0.39 is 0 Å². The summed E-state index contributed by atoms with van der Waals surface area (Å²) in [5, 5.41) is 4.26. The van der Waals surface area contributed by atoms with Gasteiger partial charge in [0.05, 0.1) is 6.04 Å². The lowest BCUT2D eigenvalue weighted by molar-refractivity contribution is 0.304. The van der Waals surface area contributed by atoms with Gasteiger partial charge in [0.25, 0.3) is 0 Å². The number of aromatic nitrogens is 1. The normalized spacial score (nSPS) is 12.1. The van der Waals surface area contributed by atoms with Crippen molar-refractivity contribution in [2.24, 2.45) is 0 Å². The van der Waals surface area contributed by atoms with Gasteiger partial charge in [-0.2, -0.15) is 4.37 Å². The van der Waals surface area contributed by atoms with Crippen LogP contribution in [0.2, 0.25) is 0 Å². The topological polar surface area (TPSA) is 60.2 Å². The molecule has 0 spiro atoms. The SMILES string of the molecule is Cc1ccc(OCC(C)Nc2cc(N)ns2)cc1. The molecule has 96 valence electrons. The number of hydrogen-bond acceptors (Lipinski definition) is 5. The first-order chi connectivity index (χ1) is 8.63. The van der Waals surface area contributed by atoms with E-state index in [9.17, 15) is 0 Å². The number of nitrogens with two attached hydrogens (primary N) is 1. The van der Waals surface area contributed by atoms with Gasteiger partial charge in [-0.25, -0.2) is 0 Å². The maximum absolute atomic E-state index is 5.69. The van der Waals surface area contributed by atoms with Crippen LogP contribution in [0.15, 0.2) is 30.3 Å². The van der Waals surface area contributed by atoms with Crippen molar-refractivity contribution in [1.29, 1.82) is 0 Å². The van der Waals surface area contributed by atoms with Crippen molar-refractivity contribution in [3.8, 4) is 5.75 Å². The quantitative estimate of drug-likeness (QED) is 0.870. The molecular formula is C13H17N3OS. The summed E-state index contributed by atoms with van der Waals surface area (Å²) in [5.41, 5.74) is 6.79. The van der Waals surface area contributed by atoms with E-state index in [1.165, 1.54) is 17.1 Å². The molecule has 0 radical (unpaired) electrons. The van der Waals surface area contributed by atoms with Gasteiger partial charge in [0.1, 0.15) is 23.2 Å². The molecule has 1 unspecified atom stereocenters. The monoisotopic (exact) mass is 263 g/mol. The minimum absolute atomic E-state index is 0.200. The molecule has 1 aromatic carbocycles. The molecule has 0 fully saturated rings. The second-order valence-electron chi connectivity index (χ2n) is 4.29. The zero-order valence-electron chi connectivity index (χ0n) is 10.5. The van der Waals surface area contributed by atoms with Crippen molar-refractivity contribution in [2.75, 3.05) is 17.7 Å². The first kappa shape index (κ1) is 12.7. The van der Waals surface area contributed by atoms with Crippen LogP contribution >= 0.6 is 11.5 Å². The lowest BCUT2D eigenvalue weighted by atomic mass is 10.2. The average Bonchev–Trinajstić information content (AvgIpc) is 2.74. The number of benzene rings is 1. The summed E-state index contributed by atoms with van der Waals surface area (Å²) in [6, 6.07) is 10.1. The number of nitrogens with one attached hydrogen (secondary N) is 1. The summed E-state index contributed by atoms with van der Waals surface area (Å²) in [6.07, 6.45) is 0. The fourth-order valence-electron chi connectivity index (χ4n) is 1.50. The molecule has 0 saturated heterocycles. The third-order valence-electron chi connectivity index (χ3n) is 2.44. The van der Waals surface area contributed by atoms with Crippen molar-refractivity contribution in [3.05, 3.63) is 35.9 Å². The van der Waals surface area contributed by atoms with E-state index in [0.717, 1.165) is 10.8 Å². The highest BCUT2D eigenvalue weighted by Crippen LogP contribution is 2.18. The highest BCUT2D eigenvalue weighted by molar-refractivity contribution is 7.10. The Hall–Kier alpha value is -1.75. The van der Waals surface area contributed by atoms with Crippen molar-refractivity contribution < 1.29 is 4.74 Å². The van der Waals surface area contributed by atoms with E-state index in [4.69, 9.17) is 10.5 Å². The first-order valence-electron chi connectivity index (χ1n) is 5.81. The molecule has 0 amide bonds. The minimum atomic E-state index is 0.200. The highest BCUT2D eigenvalue weighted by Gasteiger charge is 2.05. The lowest BCUT2D eigenvalue weighted by Crippen LogP contribution is -2.22. The molecule has 2 aromatic rings. The van der Waals surface area contributed by atoms with E-state index in [0.29, 0.717) is 12.4 Å². The Morgan fingerprint density at radius 3 is 2.72 bits per heavy atom. The average molecular weight is 263 g/mol. The largest absolute Gasteiger partial charge is 0.491 e. The minimum Gasteiger partial charge on any atom is -0.491 e. The predicted octanol–water partition coefficient (Wildman–Crippen LogP) is 2.91.